The van der Waals surface area contributed by atoms with E-state index in [9.17, 15) is 13.2 Å². The van der Waals surface area contributed by atoms with Crippen molar-refractivity contribution in [2.45, 2.75) is 25.3 Å². The van der Waals surface area contributed by atoms with Crippen LogP contribution in [-0.2, 0) is 21.2 Å². The van der Waals surface area contributed by atoms with E-state index in [4.69, 9.17) is 0 Å². The van der Waals surface area contributed by atoms with E-state index in [-0.39, 0.29) is 17.7 Å². The van der Waals surface area contributed by atoms with Gasteiger partial charge in [0.25, 0.3) is 15.9 Å². The van der Waals surface area contributed by atoms with Crippen LogP contribution in [0.5, 0.6) is 0 Å². The first-order valence-corrected chi connectivity index (χ1v) is 10.5. The number of carbonyl (C=O) groups excluding carboxylic acids is 1. The molecule has 1 fully saturated rings. The first kappa shape index (κ1) is 17.0. The molecule has 1 saturated heterocycles. The molecule has 0 aromatic heterocycles. The van der Waals surface area contributed by atoms with Crippen molar-refractivity contribution in [1.29, 1.82) is 0 Å². The Balaban J connectivity index is 1.51. The number of rotatable bonds is 3. The van der Waals surface area contributed by atoms with Crippen LogP contribution in [0.4, 0.5) is 0 Å². The van der Waals surface area contributed by atoms with E-state index in [1.54, 1.807) is 23.3 Å². The van der Waals surface area contributed by atoms with Gasteiger partial charge in [-0.05, 0) is 37.0 Å². The standard InChI is InChI=1S/C19H21N3O3S/c23-19(16-8-9-18-20-26(24,25)12-11-21(18)14-16)22-10-4-7-17(22)13-15-5-2-1-3-6-15/h1-3,5-6,8-9,14,17H,4,7,10-13H2. The molecule has 3 aliphatic heterocycles. The van der Waals surface area contributed by atoms with Crippen LogP contribution in [0.2, 0.25) is 0 Å². The molecule has 3 heterocycles. The predicted octanol–water partition coefficient (Wildman–Crippen LogP) is 1.72. The molecule has 1 amide bonds. The van der Waals surface area contributed by atoms with Gasteiger partial charge in [0.2, 0.25) is 0 Å². The summed E-state index contributed by atoms with van der Waals surface area (Å²) in [6.45, 7) is 1.09. The fourth-order valence-corrected chi connectivity index (χ4v) is 4.66. The minimum absolute atomic E-state index is 0.00663. The van der Waals surface area contributed by atoms with Crippen LogP contribution >= 0.6 is 0 Å². The van der Waals surface area contributed by atoms with Gasteiger partial charge in [0.1, 0.15) is 5.84 Å². The lowest BCUT2D eigenvalue weighted by Gasteiger charge is -2.30. The van der Waals surface area contributed by atoms with E-state index in [0.717, 1.165) is 25.8 Å². The van der Waals surface area contributed by atoms with Gasteiger partial charge in [0, 0.05) is 25.3 Å². The third-order valence-electron chi connectivity index (χ3n) is 5.02. The van der Waals surface area contributed by atoms with Crippen molar-refractivity contribution in [2.24, 2.45) is 4.40 Å². The van der Waals surface area contributed by atoms with Gasteiger partial charge in [0.05, 0.1) is 11.3 Å². The van der Waals surface area contributed by atoms with E-state index in [0.29, 0.717) is 18.0 Å². The van der Waals surface area contributed by atoms with Crippen molar-refractivity contribution in [1.82, 2.24) is 9.80 Å². The summed E-state index contributed by atoms with van der Waals surface area (Å²) >= 11 is 0. The minimum atomic E-state index is -3.38. The van der Waals surface area contributed by atoms with Crippen molar-refractivity contribution in [3.63, 3.8) is 0 Å². The van der Waals surface area contributed by atoms with E-state index in [2.05, 4.69) is 16.5 Å². The maximum Gasteiger partial charge on any atom is 0.256 e. The third-order valence-corrected chi connectivity index (χ3v) is 6.19. The van der Waals surface area contributed by atoms with Gasteiger partial charge in [-0.15, -0.1) is 4.40 Å². The van der Waals surface area contributed by atoms with Crippen LogP contribution in [0.25, 0.3) is 0 Å². The highest BCUT2D eigenvalue weighted by Crippen LogP contribution is 2.25. The highest BCUT2D eigenvalue weighted by Gasteiger charge is 2.32. The van der Waals surface area contributed by atoms with Crippen LogP contribution in [-0.4, -0.2) is 54.8 Å². The summed E-state index contributed by atoms with van der Waals surface area (Å²) in [5, 5.41) is 0. The second-order valence-electron chi connectivity index (χ2n) is 6.83. The van der Waals surface area contributed by atoms with Crippen LogP contribution < -0.4 is 0 Å². The van der Waals surface area contributed by atoms with E-state index in [1.165, 1.54) is 5.56 Å². The van der Waals surface area contributed by atoms with E-state index in [1.807, 2.05) is 23.1 Å². The summed E-state index contributed by atoms with van der Waals surface area (Å²) in [6, 6.07) is 10.4. The molecule has 1 atom stereocenters. The van der Waals surface area contributed by atoms with Crippen molar-refractivity contribution >= 4 is 21.8 Å². The normalized spacial score (nSPS) is 24.1. The SMILES string of the molecule is O=C(C1=CN2CCS(=O)(=O)N=C2C=C1)N1CCCC1Cc1ccccc1. The average molecular weight is 371 g/mol. The van der Waals surface area contributed by atoms with Crippen LogP contribution in [0.1, 0.15) is 18.4 Å². The number of hydrogen-bond donors (Lipinski definition) is 0. The zero-order valence-corrected chi connectivity index (χ0v) is 15.2. The van der Waals surface area contributed by atoms with Gasteiger partial charge in [0.15, 0.2) is 0 Å². The molecule has 26 heavy (non-hydrogen) atoms. The highest BCUT2D eigenvalue weighted by atomic mass is 32.2. The predicted molar refractivity (Wildman–Crippen MR) is 100 cm³/mol. The van der Waals surface area contributed by atoms with Crippen molar-refractivity contribution in [3.8, 4) is 0 Å². The molecule has 0 bridgehead atoms. The van der Waals surface area contributed by atoms with Gasteiger partial charge < -0.3 is 9.80 Å². The Morgan fingerprint density at radius 3 is 2.77 bits per heavy atom. The lowest BCUT2D eigenvalue weighted by atomic mass is 10.0. The van der Waals surface area contributed by atoms with Crippen LogP contribution in [0.15, 0.2) is 58.7 Å². The summed E-state index contributed by atoms with van der Waals surface area (Å²) in [4.78, 5) is 16.7. The maximum absolute atomic E-state index is 13.0. The molecule has 6 nitrogen and oxygen atoms in total. The summed E-state index contributed by atoms with van der Waals surface area (Å²) < 4.78 is 27.0. The Labute approximate surface area is 153 Å². The molecule has 0 N–H and O–H groups in total. The lowest BCUT2D eigenvalue weighted by molar-refractivity contribution is -0.127. The molecule has 0 saturated carbocycles. The molecule has 1 aromatic carbocycles. The smallest absolute Gasteiger partial charge is 0.256 e. The zero-order chi connectivity index (χ0) is 18.1. The third kappa shape index (κ3) is 3.44. The topological polar surface area (TPSA) is 70.0 Å². The Bertz CT molecular complexity index is 903. The quantitative estimate of drug-likeness (QED) is 0.811. The molecule has 1 unspecified atom stereocenters. The van der Waals surface area contributed by atoms with Gasteiger partial charge >= 0.3 is 0 Å². The number of sulfonamides is 1. The molecule has 1 aromatic rings. The molecular formula is C19H21N3O3S. The Kier molecular flexibility index (Phi) is 4.40. The van der Waals surface area contributed by atoms with E-state index < -0.39 is 10.0 Å². The number of amides is 1. The molecule has 0 aliphatic carbocycles. The van der Waals surface area contributed by atoms with E-state index >= 15 is 0 Å². The summed E-state index contributed by atoms with van der Waals surface area (Å²) in [7, 11) is -3.38. The Morgan fingerprint density at radius 2 is 1.96 bits per heavy atom. The van der Waals surface area contributed by atoms with Crippen LogP contribution in [0, 0.1) is 0 Å². The monoisotopic (exact) mass is 371 g/mol. The number of fused-ring (bicyclic) bond motifs is 1. The molecule has 136 valence electrons. The molecule has 0 radical (unpaired) electrons. The van der Waals surface area contributed by atoms with Gasteiger partial charge in [-0.25, -0.2) is 8.42 Å². The van der Waals surface area contributed by atoms with Crippen molar-refractivity contribution in [2.75, 3.05) is 18.8 Å². The number of benzene rings is 1. The van der Waals surface area contributed by atoms with Gasteiger partial charge in [-0.3, -0.25) is 4.79 Å². The second-order valence-corrected chi connectivity index (χ2v) is 8.59. The lowest BCUT2D eigenvalue weighted by Crippen LogP contribution is -2.41. The number of amidine groups is 1. The molecule has 0 spiro atoms. The number of carbonyl (C=O) groups is 1. The number of likely N-dealkylation sites (tertiary alicyclic amines) is 1. The molecular weight excluding hydrogens is 350 g/mol. The first-order chi connectivity index (χ1) is 12.5. The average Bonchev–Trinajstić information content (AvgIpc) is 3.09. The van der Waals surface area contributed by atoms with Gasteiger partial charge in [-0.2, -0.15) is 0 Å². The maximum atomic E-state index is 13.0. The fraction of sp³-hybridized carbons (Fsp3) is 0.368. The Hall–Kier alpha value is -2.41. The summed E-state index contributed by atoms with van der Waals surface area (Å²) in [6.07, 6.45) is 7.90. The second kappa shape index (κ2) is 6.72. The number of nitrogens with zero attached hydrogens (tertiary/aromatic N) is 3. The summed E-state index contributed by atoms with van der Waals surface area (Å²) in [5.41, 5.74) is 1.82. The van der Waals surface area contributed by atoms with Crippen molar-refractivity contribution < 1.29 is 13.2 Å². The zero-order valence-electron chi connectivity index (χ0n) is 14.4. The highest BCUT2D eigenvalue weighted by molar-refractivity contribution is 7.90. The molecule has 7 heteroatoms. The summed E-state index contributed by atoms with van der Waals surface area (Å²) in [5.74, 6) is 0.366. The first-order valence-electron chi connectivity index (χ1n) is 8.86. The molecule has 4 rings (SSSR count). The minimum Gasteiger partial charge on any atom is -0.335 e. The van der Waals surface area contributed by atoms with Crippen molar-refractivity contribution in [3.05, 3.63) is 59.8 Å². The molecule has 3 aliphatic rings. The Morgan fingerprint density at radius 1 is 1.15 bits per heavy atom. The number of hydrogen-bond acceptors (Lipinski definition) is 4. The van der Waals surface area contributed by atoms with Crippen LogP contribution in [0.3, 0.4) is 0 Å². The largest absolute Gasteiger partial charge is 0.335 e. The van der Waals surface area contributed by atoms with Gasteiger partial charge in [-0.1, -0.05) is 30.3 Å². The fourth-order valence-electron chi connectivity index (χ4n) is 3.69.